The molecule has 4 heterocycles. The molecule has 1 aliphatic heterocycles. The number of hydrogen-bond acceptors (Lipinski definition) is 6. The summed E-state index contributed by atoms with van der Waals surface area (Å²) >= 11 is 5.87. The number of hydrogen-bond donors (Lipinski definition) is 0. The van der Waals surface area contributed by atoms with Crippen LogP contribution in [0, 0.1) is 0 Å². The summed E-state index contributed by atoms with van der Waals surface area (Å²) in [4.78, 5) is 29.3. The minimum atomic E-state index is -0.0424. The third-order valence-electron chi connectivity index (χ3n) is 4.24. The minimum Gasteiger partial charge on any atom is -0.463 e. The van der Waals surface area contributed by atoms with Gasteiger partial charge in [0.1, 0.15) is 10.8 Å². The molecule has 4 rings (SSSR count). The first kappa shape index (κ1) is 16.5. The summed E-state index contributed by atoms with van der Waals surface area (Å²) in [5.74, 6) is 1.30. The number of piperazine rings is 1. The van der Waals surface area contributed by atoms with E-state index in [9.17, 15) is 4.79 Å². The number of rotatable bonds is 3. The van der Waals surface area contributed by atoms with E-state index in [4.69, 9.17) is 16.0 Å². The van der Waals surface area contributed by atoms with Gasteiger partial charge in [0, 0.05) is 44.1 Å². The zero-order valence-corrected chi connectivity index (χ0v) is 14.6. The van der Waals surface area contributed by atoms with Gasteiger partial charge in [0.2, 0.25) is 5.95 Å². The van der Waals surface area contributed by atoms with E-state index in [0.29, 0.717) is 48.6 Å². The molecule has 1 fully saturated rings. The molecule has 0 N–H and O–H groups in total. The first-order valence-corrected chi connectivity index (χ1v) is 8.61. The van der Waals surface area contributed by atoms with Crippen LogP contribution in [0.4, 0.5) is 5.95 Å². The van der Waals surface area contributed by atoms with Crippen LogP contribution in [0.3, 0.4) is 0 Å². The Morgan fingerprint density at radius 3 is 2.62 bits per heavy atom. The van der Waals surface area contributed by atoms with Gasteiger partial charge in [-0.3, -0.25) is 4.79 Å². The molecule has 0 unspecified atom stereocenters. The van der Waals surface area contributed by atoms with E-state index in [1.807, 2.05) is 18.2 Å². The summed E-state index contributed by atoms with van der Waals surface area (Å²) in [6.45, 7) is 2.50. The molecule has 132 valence electrons. The van der Waals surface area contributed by atoms with Crippen molar-refractivity contribution in [2.75, 3.05) is 31.1 Å². The Balaban J connectivity index is 1.44. The zero-order valence-electron chi connectivity index (χ0n) is 13.9. The second kappa shape index (κ2) is 7.13. The van der Waals surface area contributed by atoms with Crippen molar-refractivity contribution in [1.29, 1.82) is 0 Å². The van der Waals surface area contributed by atoms with Crippen LogP contribution in [-0.4, -0.2) is 51.9 Å². The van der Waals surface area contributed by atoms with Gasteiger partial charge in [0.05, 0.1) is 6.26 Å². The molecule has 8 heteroatoms. The van der Waals surface area contributed by atoms with Crippen molar-refractivity contribution in [3.8, 4) is 11.5 Å². The van der Waals surface area contributed by atoms with Gasteiger partial charge >= 0.3 is 0 Å². The molecule has 0 atom stereocenters. The van der Waals surface area contributed by atoms with Gasteiger partial charge in [-0.15, -0.1) is 0 Å². The van der Waals surface area contributed by atoms with Crippen LogP contribution in [0.15, 0.2) is 53.4 Å². The van der Waals surface area contributed by atoms with Crippen LogP contribution in [0.5, 0.6) is 0 Å². The molecule has 1 aliphatic rings. The standard InChI is InChI=1S/C18H16ClN5O2/c19-16-12-13(3-5-20-16)17(25)23-7-9-24(10-8-23)18-21-6-4-14(22-18)15-2-1-11-26-15/h1-6,11-12H,7-10H2. The maximum atomic E-state index is 12.6. The number of halogens is 1. The highest BCUT2D eigenvalue weighted by Gasteiger charge is 2.24. The Labute approximate surface area is 155 Å². The smallest absolute Gasteiger partial charge is 0.254 e. The molecule has 1 saturated heterocycles. The fraction of sp³-hybridized carbons (Fsp3) is 0.222. The van der Waals surface area contributed by atoms with Crippen LogP contribution in [0.2, 0.25) is 5.15 Å². The summed E-state index contributed by atoms with van der Waals surface area (Å²) in [5, 5.41) is 0.317. The highest BCUT2D eigenvalue weighted by atomic mass is 35.5. The molecule has 0 bridgehead atoms. The Kier molecular flexibility index (Phi) is 4.53. The van der Waals surface area contributed by atoms with Gasteiger partial charge in [-0.2, -0.15) is 0 Å². The van der Waals surface area contributed by atoms with Crippen LogP contribution < -0.4 is 4.90 Å². The summed E-state index contributed by atoms with van der Waals surface area (Å²) in [6, 6.07) is 8.77. The quantitative estimate of drug-likeness (QED) is 0.661. The predicted molar refractivity (Wildman–Crippen MR) is 97.1 cm³/mol. The number of anilines is 1. The molecular weight excluding hydrogens is 354 g/mol. The maximum absolute atomic E-state index is 12.6. The van der Waals surface area contributed by atoms with E-state index in [-0.39, 0.29) is 5.91 Å². The van der Waals surface area contributed by atoms with Crippen molar-refractivity contribution in [2.45, 2.75) is 0 Å². The normalized spacial score (nSPS) is 14.5. The van der Waals surface area contributed by atoms with Crippen molar-refractivity contribution < 1.29 is 9.21 Å². The van der Waals surface area contributed by atoms with E-state index in [0.717, 1.165) is 5.69 Å². The monoisotopic (exact) mass is 369 g/mol. The summed E-state index contributed by atoms with van der Waals surface area (Å²) in [5.41, 5.74) is 1.29. The lowest BCUT2D eigenvalue weighted by Crippen LogP contribution is -2.49. The van der Waals surface area contributed by atoms with Gasteiger partial charge in [0.25, 0.3) is 5.91 Å². The van der Waals surface area contributed by atoms with Crippen molar-refractivity contribution in [3.05, 3.63) is 59.7 Å². The average Bonchev–Trinajstić information content (AvgIpc) is 3.23. The minimum absolute atomic E-state index is 0.0424. The van der Waals surface area contributed by atoms with Crippen LogP contribution in [-0.2, 0) is 0 Å². The van der Waals surface area contributed by atoms with E-state index in [1.54, 1.807) is 35.7 Å². The molecule has 7 nitrogen and oxygen atoms in total. The topological polar surface area (TPSA) is 75.4 Å². The van der Waals surface area contributed by atoms with Crippen LogP contribution >= 0.6 is 11.6 Å². The molecule has 3 aromatic heterocycles. The van der Waals surface area contributed by atoms with Gasteiger partial charge in [-0.1, -0.05) is 11.6 Å². The van der Waals surface area contributed by atoms with Gasteiger partial charge in [-0.25, -0.2) is 15.0 Å². The molecular formula is C18H16ClN5O2. The molecule has 0 aliphatic carbocycles. The van der Waals surface area contributed by atoms with Gasteiger partial charge in [0.15, 0.2) is 5.76 Å². The van der Waals surface area contributed by atoms with Crippen molar-refractivity contribution in [3.63, 3.8) is 0 Å². The highest BCUT2D eigenvalue weighted by Crippen LogP contribution is 2.20. The van der Waals surface area contributed by atoms with Crippen molar-refractivity contribution in [2.24, 2.45) is 0 Å². The van der Waals surface area contributed by atoms with Crippen LogP contribution in [0.25, 0.3) is 11.5 Å². The van der Waals surface area contributed by atoms with E-state index in [1.165, 1.54) is 0 Å². The fourth-order valence-corrected chi connectivity index (χ4v) is 3.06. The van der Waals surface area contributed by atoms with Gasteiger partial charge < -0.3 is 14.2 Å². The third kappa shape index (κ3) is 3.39. The Morgan fingerprint density at radius 1 is 1.08 bits per heavy atom. The summed E-state index contributed by atoms with van der Waals surface area (Å²) < 4.78 is 5.39. The first-order valence-electron chi connectivity index (χ1n) is 8.23. The molecule has 0 spiro atoms. The number of amides is 1. The number of carbonyl (C=O) groups excluding carboxylic acids is 1. The number of pyridine rings is 1. The molecule has 26 heavy (non-hydrogen) atoms. The number of aromatic nitrogens is 3. The lowest BCUT2D eigenvalue weighted by atomic mass is 10.2. The zero-order chi connectivity index (χ0) is 17.9. The Bertz CT molecular complexity index is 907. The second-order valence-electron chi connectivity index (χ2n) is 5.87. The molecule has 0 aromatic carbocycles. The lowest BCUT2D eigenvalue weighted by molar-refractivity contribution is 0.0746. The number of carbonyl (C=O) groups is 1. The van der Waals surface area contributed by atoms with Gasteiger partial charge in [-0.05, 0) is 30.3 Å². The van der Waals surface area contributed by atoms with Crippen molar-refractivity contribution >= 4 is 23.5 Å². The predicted octanol–water partition coefficient (Wildman–Crippen LogP) is 2.75. The highest BCUT2D eigenvalue weighted by molar-refractivity contribution is 6.29. The molecule has 0 radical (unpaired) electrons. The van der Waals surface area contributed by atoms with E-state index >= 15 is 0 Å². The SMILES string of the molecule is O=C(c1ccnc(Cl)c1)N1CCN(c2nccc(-c3ccco3)n2)CC1. The number of nitrogens with zero attached hydrogens (tertiary/aromatic N) is 5. The summed E-state index contributed by atoms with van der Waals surface area (Å²) in [6.07, 6.45) is 4.88. The molecule has 0 saturated carbocycles. The summed E-state index contributed by atoms with van der Waals surface area (Å²) in [7, 11) is 0. The Morgan fingerprint density at radius 2 is 1.88 bits per heavy atom. The number of furan rings is 1. The largest absolute Gasteiger partial charge is 0.463 e. The molecule has 1 amide bonds. The maximum Gasteiger partial charge on any atom is 0.254 e. The second-order valence-corrected chi connectivity index (χ2v) is 6.25. The van der Waals surface area contributed by atoms with Crippen LogP contribution in [0.1, 0.15) is 10.4 Å². The van der Waals surface area contributed by atoms with E-state index < -0.39 is 0 Å². The fourth-order valence-electron chi connectivity index (χ4n) is 2.89. The first-order chi connectivity index (χ1) is 12.7. The Hall–Kier alpha value is -2.93. The molecule has 3 aromatic rings. The lowest BCUT2D eigenvalue weighted by Gasteiger charge is -2.34. The average molecular weight is 370 g/mol. The third-order valence-corrected chi connectivity index (χ3v) is 4.45. The van der Waals surface area contributed by atoms with Crippen molar-refractivity contribution in [1.82, 2.24) is 19.9 Å². The van der Waals surface area contributed by atoms with E-state index in [2.05, 4.69) is 19.9 Å².